The first kappa shape index (κ1) is 28.3. The van der Waals surface area contributed by atoms with Crippen molar-refractivity contribution in [3.8, 4) is 0 Å². The molecule has 1 aliphatic rings. The van der Waals surface area contributed by atoms with E-state index in [1.54, 1.807) is 6.20 Å². The summed E-state index contributed by atoms with van der Waals surface area (Å²) < 4.78 is 21.4. The third-order valence-corrected chi connectivity index (χ3v) is 4.67. The summed E-state index contributed by atoms with van der Waals surface area (Å²) in [6.45, 7) is 3.17. The van der Waals surface area contributed by atoms with Gasteiger partial charge in [0.25, 0.3) is 11.8 Å². The number of nitrogens with zero attached hydrogens (tertiary/aromatic N) is 2. The number of carbonyl (C=O) groups excluding carboxylic acids is 4. The van der Waals surface area contributed by atoms with Crippen molar-refractivity contribution >= 4 is 23.7 Å². The number of rotatable bonds is 19. The van der Waals surface area contributed by atoms with Crippen LogP contribution in [0.4, 0.5) is 0 Å². The van der Waals surface area contributed by atoms with E-state index in [0.29, 0.717) is 64.1 Å². The van der Waals surface area contributed by atoms with E-state index in [0.717, 1.165) is 5.69 Å². The van der Waals surface area contributed by atoms with Gasteiger partial charge in [0.2, 0.25) is 5.91 Å². The summed E-state index contributed by atoms with van der Waals surface area (Å²) in [5, 5.41) is 3.31. The molecule has 2 heterocycles. The molecule has 0 bridgehead atoms. The molecule has 1 aromatic heterocycles. The molecule has 1 aliphatic heterocycles. The highest BCUT2D eigenvalue weighted by molar-refractivity contribution is 6.01. The lowest BCUT2D eigenvalue weighted by Crippen LogP contribution is -2.32. The first-order valence-electron chi connectivity index (χ1n) is 11.6. The van der Waals surface area contributed by atoms with Gasteiger partial charge < -0.3 is 29.1 Å². The van der Waals surface area contributed by atoms with Crippen molar-refractivity contribution in [2.75, 3.05) is 59.4 Å². The second kappa shape index (κ2) is 17.5. The minimum atomic E-state index is -0.701. The van der Waals surface area contributed by atoms with Crippen LogP contribution in [-0.2, 0) is 49.4 Å². The van der Waals surface area contributed by atoms with Crippen molar-refractivity contribution in [1.29, 1.82) is 0 Å². The van der Waals surface area contributed by atoms with Gasteiger partial charge >= 0.3 is 5.97 Å². The Morgan fingerprint density at radius 2 is 1.43 bits per heavy atom. The van der Waals surface area contributed by atoms with Crippen LogP contribution in [0, 0.1) is 0 Å². The molecule has 3 amide bonds. The number of imide groups is 1. The fourth-order valence-corrected chi connectivity index (χ4v) is 2.86. The molecule has 2 rings (SSSR count). The quantitative estimate of drug-likeness (QED) is 0.209. The number of hydrogen-bond donors (Lipinski definition) is 1. The van der Waals surface area contributed by atoms with Crippen LogP contribution in [0.2, 0.25) is 0 Å². The number of carbonyl (C=O) groups is 4. The standard InChI is InChI=1S/C23H33N3O9/c27-20(5-4-19-3-1-2-9-24-19)25-10-12-32-14-16-34-18-17-33-15-13-31-11-8-23(30)35-26-21(28)6-7-22(26)29/h1-3,9H,4-8,10-18H2,(H,25,27). The minimum absolute atomic E-state index is 0.0355. The van der Waals surface area contributed by atoms with Crippen LogP contribution in [0.3, 0.4) is 0 Å². The number of aromatic nitrogens is 1. The Kier molecular flexibility index (Phi) is 14.2. The average Bonchev–Trinajstić information content (AvgIpc) is 3.17. The van der Waals surface area contributed by atoms with Gasteiger partial charge in [0.15, 0.2) is 0 Å². The Morgan fingerprint density at radius 3 is 2.03 bits per heavy atom. The van der Waals surface area contributed by atoms with Gasteiger partial charge in [-0.1, -0.05) is 6.07 Å². The zero-order valence-corrected chi connectivity index (χ0v) is 19.8. The molecule has 0 atom stereocenters. The number of nitrogens with one attached hydrogen (secondary N) is 1. The molecule has 35 heavy (non-hydrogen) atoms. The Balaban J connectivity index is 1.28. The van der Waals surface area contributed by atoms with Gasteiger partial charge in [0.1, 0.15) is 0 Å². The molecule has 0 aromatic carbocycles. The van der Waals surface area contributed by atoms with Crippen LogP contribution >= 0.6 is 0 Å². The highest BCUT2D eigenvalue weighted by Crippen LogP contribution is 2.12. The maximum absolute atomic E-state index is 11.8. The molecule has 194 valence electrons. The average molecular weight is 496 g/mol. The molecular weight excluding hydrogens is 462 g/mol. The summed E-state index contributed by atoms with van der Waals surface area (Å²) in [6.07, 6.45) is 2.75. The van der Waals surface area contributed by atoms with Crippen molar-refractivity contribution in [3.63, 3.8) is 0 Å². The molecule has 0 aliphatic carbocycles. The Labute approximate surface area is 204 Å². The highest BCUT2D eigenvalue weighted by Gasteiger charge is 2.32. The molecular formula is C23H33N3O9. The van der Waals surface area contributed by atoms with Gasteiger partial charge in [-0.05, 0) is 18.6 Å². The molecule has 0 saturated carbocycles. The lowest BCUT2D eigenvalue weighted by Gasteiger charge is -2.12. The third kappa shape index (κ3) is 12.9. The summed E-state index contributed by atoms with van der Waals surface area (Å²) in [4.78, 5) is 55.0. The van der Waals surface area contributed by atoms with Crippen molar-refractivity contribution in [2.24, 2.45) is 0 Å². The van der Waals surface area contributed by atoms with Gasteiger partial charge in [0, 0.05) is 37.7 Å². The van der Waals surface area contributed by atoms with Crippen molar-refractivity contribution in [1.82, 2.24) is 15.4 Å². The van der Waals surface area contributed by atoms with Crippen molar-refractivity contribution < 1.29 is 43.0 Å². The molecule has 1 saturated heterocycles. The third-order valence-electron chi connectivity index (χ3n) is 4.67. The zero-order chi connectivity index (χ0) is 25.1. The van der Waals surface area contributed by atoms with Crippen LogP contribution in [-0.4, -0.2) is 93.1 Å². The smallest absolute Gasteiger partial charge is 0.335 e. The van der Waals surface area contributed by atoms with Crippen molar-refractivity contribution in [2.45, 2.75) is 32.1 Å². The van der Waals surface area contributed by atoms with Gasteiger partial charge in [-0.2, -0.15) is 0 Å². The monoisotopic (exact) mass is 495 g/mol. The summed E-state index contributed by atoms with van der Waals surface area (Å²) >= 11 is 0. The lowest BCUT2D eigenvalue weighted by molar-refractivity contribution is -0.198. The SMILES string of the molecule is O=C(CCc1ccccn1)NCCOCCOCCOCCOCCC(=O)ON1C(=O)CCC1=O. The molecule has 12 nitrogen and oxygen atoms in total. The van der Waals surface area contributed by atoms with E-state index in [9.17, 15) is 19.2 Å². The van der Waals surface area contributed by atoms with E-state index in [-0.39, 0.29) is 38.4 Å². The Bertz CT molecular complexity index is 776. The number of ether oxygens (including phenoxy) is 4. The fourth-order valence-electron chi connectivity index (χ4n) is 2.86. The van der Waals surface area contributed by atoms with Crippen LogP contribution in [0.15, 0.2) is 24.4 Å². The second-order valence-corrected chi connectivity index (χ2v) is 7.42. The Morgan fingerprint density at radius 1 is 0.829 bits per heavy atom. The van der Waals surface area contributed by atoms with Crippen LogP contribution in [0.5, 0.6) is 0 Å². The number of pyridine rings is 1. The molecule has 1 fully saturated rings. The maximum atomic E-state index is 11.8. The summed E-state index contributed by atoms with van der Waals surface area (Å²) in [5.74, 6) is -1.76. The molecule has 1 N–H and O–H groups in total. The number of amides is 3. The number of aryl methyl sites for hydroxylation is 1. The van der Waals surface area contributed by atoms with Crippen LogP contribution in [0.1, 0.15) is 31.4 Å². The maximum Gasteiger partial charge on any atom is 0.335 e. The molecule has 0 radical (unpaired) electrons. The van der Waals surface area contributed by atoms with Gasteiger partial charge in [0.05, 0.1) is 59.3 Å². The molecule has 0 spiro atoms. The first-order chi connectivity index (χ1) is 17.1. The van der Waals surface area contributed by atoms with Gasteiger partial charge in [-0.3, -0.25) is 19.4 Å². The molecule has 12 heteroatoms. The van der Waals surface area contributed by atoms with E-state index in [1.807, 2.05) is 18.2 Å². The van der Waals surface area contributed by atoms with E-state index < -0.39 is 17.8 Å². The predicted octanol–water partition coefficient (Wildman–Crippen LogP) is 0.194. The van der Waals surface area contributed by atoms with E-state index in [4.69, 9.17) is 23.8 Å². The first-order valence-corrected chi connectivity index (χ1v) is 11.6. The van der Waals surface area contributed by atoms with E-state index in [2.05, 4.69) is 10.3 Å². The van der Waals surface area contributed by atoms with E-state index in [1.165, 1.54) is 0 Å². The van der Waals surface area contributed by atoms with Crippen LogP contribution in [0.25, 0.3) is 0 Å². The minimum Gasteiger partial charge on any atom is -0.378 e. The highest BCUT2D eigenvalue weighted by atomic mass is 16.7. The fraction of sp³-hybridized carbons (Fsp3) is 0.609. The van der Waals surface area contributed by atoms with Crippen molar-refractivity contribution in [3.05, 3.63) is 30.1 Å². The Hall–Kier alpha value is -2.93. The molecule has 1 aromatic rings. The summed E-state index contributed by atoms with van der Waals surface area (Å²) in [5.41, 5.74) is 0.891. The normalized spacial score (nSPS) is 13.3. The predicted molar refractivity (Wildman–Crippen MR) is 121 cm³/mol. The summed E-state index contributed by atoms with van der Waals surface area (Å²) in [6, 6.07) is 5.63. The van der Waals surface area contributed by atoms with Crippen LogP contribution < -0.4 is 5.32 Å². The largest absolute Gasteiger partial charge is 0.378 e. The summed E-state index contributed by atoms with van der Waals surface area (Å²) in [7, 11) is 0. The second-order valence-electron chi connectivity index (χ2n) is 7.42. The molecule has 0 unspecified atom stereocenters. The number of hydrogen-bond acceptors (Lipinski definition) is 10. The topological polar surface area (TPSA) is 143 Å². The van der Waals surface area contributed by atoms with E-state index >= 15 is 0 Å². The lowest BCUT2D eigenvalue weighted by atomic mass is 10.2. The van der Waals surface area contributed by atoms with Gasteiger partial charge in [-0.25, -0.2) is 4.79 Å². The number of hydroxylamine groups is 2. The zero-order valence-electron chi connectivity index (χ0n) is 19.8. The van der Waals surface area contributed by atoms with Gasteiger partial charge in [-0.15, -0.1) is 5.06 Å².